The Morgan fingerprint density at radius 2 is 1.69 bits per heavy atom. The summed E-state index contributed by atoms with van der Waals surface area (Å²) >= 11 is 0. The lowest BCUT2D eigenvalue weighted by molar-refractivity contribution is 0.107. The first-order valence-electron chi connectivity index (χ1n) is 5.21. The first kappa shape index (κ1) is 13.2. The van der Waals surface area contributed by atoms with Gasteiger partial charge in [0.2, 0.25) is 10.0 Å². The van der Waals surface area contributed by atoms with Crippen LogP contribution in [0.15, 0.2) is 0 Å². The molecule has 0 bridgehead atoms. The number of amides is 1. The molecule has 7 heteroatoms. The Morgan fingerprint density at radius 3 is 2.06 bits per heavy atom. The second kappa shape index (κ2) is 5.01. The molecule has 1 aliphatic rings. The molecule has 94 valence electrons. The second-order valence-electron chi connectivity index (χ2n) is 3.95. The molecule has 0 saturated carbocycles. The van der Waals surface area contributed by atoms with Crippen molar-refractivity contribution in [1.82, 2.24) is 9.21 Å². The first-order chi connectivity index (χ1) is 7.39. The van der Waals surface area contributed by atoms with Gasteiger partial charge in [-0.05, 0) is 13.8 Å². The highest BCUT2D eigenvalue weighted by Crippen LogP contribution is 2.12. The third-order valence-corrected chi connectivity index (χ3v) is 4.90. The minimum atomic E-state index is -3.20. The standard InChI is InChI=1S/C9H18N2O4S/c1-8(2)16(13,14)11-6-4-10(5-7-11)9(12)15-3/h8H,4-7H2,1-3H3. The normalized spacial score (nSPS) is 18.9. The van der Waals surface area contributed by atoms with E-state index in [0.717, 1.165) is 0 Å². The van der Waals surface area contributed by atoms with Gasteiger partial charge in [0.15, 0.2) is 0 Å². The van der Waals surface area contributed by atoms with Gasteiger partial charge in [0.1, 0.15) is 0 Å². The van der Waals surface area contributed by atoms with E-state index in [4.69, 9.17) is 0 Å². The fraction of sp³-hybridized carbons (Fsp3) is 0.889. The van der Waals surface area contributed by atoms with E-state index in [2.05, 4.69) is 4.74 Å². The fourth-order valence-electron chi connectivity index (χ4n) is 1.55. The van der Waals surface area contributed by atoms with Crippen molar-refractivity contribution in [2.75, 3.05) is 33.3 Å². The van der Waals surface area contributed by atoms with Gasteiger partial charge in [-0.15, -0.1) is 0 Å². The molecule has 0 atom stereocenters. The van der Waals surface area contributed by atoms with Crippen molar-refractivity contribution in [2.24, 2.45) is 0 Å². The average Bonchev–Trinajstić information content (AvgIpc) is 2.28. The number of carbonyl (C=O) groups is 1. The van der Waals surface area contributed by atoms with Crippen LogP contribution in [0.5, 0.6) is 0 Å². The minimum Gasteiger partial charge on any atom is -0.453 e. The highest BCUT2D eigenvalue weighted by Gasteiger charge is 2.30. The van der Waals surface area contributed by atoms with Gasteiger partial charge in [-0.3, -0.25) is 0 Å². The van der Waals surface area contributed by atoms with Gasteiger partial charge in [-0.1, -0.05) is 0 Å². The van der Waals surface area contributed by atoms with E-state index in [1.54, 1.807) is 13.8 Å². The predicted octanol–water partition coefficient (Wildman–Crippen LogP) is 0.109. The maximum atomic E-state index is 11.8. The number of ether oxygens (including phenoxy) is 1. The summed E-state index contributed by atoms with van der Waals surface area (Å²) in [6.07, 6.45) is -0.401. The molecule has 1 amide bonds. The van der Waals surface area contributed by atoms with Crippen LogP contribution in [0.25, 0.3) is 0 Å². The zero-order chi connectivity index (χ0) is 12.3. The minimum absolute atomic E-state index is 0.343. The maximum absolute atomic E-state index is 11.8. The molecule has 6 nitrogen and oxygen atoms in total. The SMILES string of the molecule is COC(=O)N1CCN(S(=O)(=O)C(C)C)CC1. The van der Waals surface area contributed by atoms with Crippen LogP contribution in [0.3, 0.4) is 0 Å². The molecular weight excluding hydrogens is 232 g/mol. The molecule has 1 fully saturated rings. The fourth-order valence-corrected chi connectivity index (χ4v) is 2.82. The molecule has 0 radical (unpaired) electrons. The van der Waals surface area contributed by atoms with Crippen molar-refractivity contribution in [1.29, 1.82) is 0 Å². The Morgan fingerprint density at radius 1 is 1.19 bits per heavy atom. The monoisotopic (exact) mass is 250 g/mol. The van der Waals surface area contributed by atoms with E-state index in [9.17, 15) is 13.2 Å². The quantitative estimate of drug-likeness (QED) is 0.697. The highest BCUT2D eigenvalue weighted by molar-refractivity contribution is 7.89. The molecule has 1 saturated heterocycles. The molecule has 1 heterocycles. The van der Waals surface area contributed by atoms with Crippen molar-refractivity contribution in [3.8, 4) is 0 Å². The molecule has 0 aromatic rings. The van der Waals surface area contributed by atoms with Crippen LogP contribution in [0, 0.1) is 0 Å². The number of rotatable bonds is 2. The van der Waals surface area contributed by atoms with Gasteiger partial charge in [-0.2, -0.15) is 4.31 Å². The molecule has 0 unspecified atom stereocenters. The molecule has 0 aliphatic carbocycles. The first-order valence-corrected chi connectivity index (χ1v) is 6.71. The molecule has 0 spiro atoms. The number of hydrogen-bond donors (Lipinski definition) is 0. The smallest absolute Gasteiger partial charge is 0.409 e. The molecule has 16 heavy (non-hydrogen) atoms. The summed E-state index contributed by atoms with van der Waals surface area (Å²) in [6.45, 7) is 4.77. The lowest BCUT2D eigenvalue weighted by atomic mass is 10.4. The topological polar surface area (TPSA) is 66.9 Å². The zero-order valence-corrected chi connectivity index (χ0v) is 10.7. The van der Waals surface area contributed by atoms with E-state index in [1.165, 1.54) is 16.3 Å². The van der Waals surface area contributed by atoms with E-state index in [-0.39, 0.29) is 0 Å². The molecule has 1 rings (SSSR count). The Kier molecular flexibility index (Phi) is 4.15. The van der Waals surface area contributed by atoms with Gasteiger partial charge in [0.05, 0.1) is 12.4 Å². The molecule has 1 aliphatic heterocycles. The molecule has 0 aromatic carbocycles. The third kappa shape index (κ3) is 2.65. The Hall–Kier alpha value is -0.820. The van der Waals surface area contributed by atoms with Crippen LogP contribution < -0.4 is 0 Å². The number of piperazine rings is 1. The highest BCUT2D eigenvalue weighted by atomic mass is 32.2. The molecular formula is C9H18N2O4S. The van der Waals surface area contributed by atoms with Gasteiger partial charge in [0, 0.05) is 26.2 Å². The van der Waals surface area contributed by atoms with Crippen molar-refractivity contribution in [2.45, 2.75) is 19.1 Å². The summed E-state index contributed by atoms with van der Waals surface area (Å²) in [4.78, 5) is 12.7. The summed E-state index contributed by atoms with van der Waals surface area (Å²) in [6, 6.07) is 0. The van der Waals surface area contributed by atoms with Gasteiger partial charge < -0.3 is 9.64 Å². The number of nitrogens with zero attached hydrogens (tertiary/aromatic N) is 2. The van der Waals surface area contributed by atoms with Crippen LogP contribution in [-0.4, -0.2) is 62.3 Å². The van der Waals surface area contributed by atoms with Gasteiger partial charge >= 0.3 is 6.09 Å². The van der Waals surface area contributed by atoms with E-state index in [1.807, 2.05) is 0 Å². The van der Waals surface area contributed by atoms with Crippen LogP contribution >= 0.6 is 0 Å². The van der Waals surface area contributed by atoms with Crippen molar-refractivity contribution >= 4 is 16.1 Å². The second-order valence-corrected chi connectivity index (χ2v) is 6.44. The third-order valence-electron chi connectivity index (χ3n) is 2.63. The summed E-state index contributed by atoms with van der Waals surface area (Å²) in [5.74, 6) is 0. The van der Waals surface area contributed by atoms with Crippen molar-refractivity contribution in [3.63, 3.8) is 0 Å². The average molecular weight is 250 g/mol. The summed E-state index contributed by atoms with van der Waals surface area (Å²) < 4.78 is 29.7. The predicted molar refractivity (Wildman–Crippen MR) is 59.6 cm³/mol. The van der Waals surface area contributed by atoms with Crippen LogP contribution in [0.2, 0.25) is 0 Å². The van der Waals surface area contributed by atoms with Gasteiger partial charge in [0.25, 0.3) is 0 Å². The Balaban J connectivity index is 2.59. The van der Waals surface area contributed by atoms with E-state index in [0.29, 0.717) is 26.2 Å². The number of methoxy groups -OCH3 is 1. The summed E-state index contributed by atoms with van der Waals surface area (Å²) in [5.41, 5.74) is 0. The summed E-state index contributed by atoms with van der Waals surface area (Å²) in [7, 11) is -1.88. The number of hydrogen-bond acceptors (Lipinski definition) is 4. The molecule has 0 N–H and O–H groups in total. The van der Waals surface area contributed by atoms with Crippen molar-refractivity contribution in [3.05, 3.63) is 0 Å². The Bertz CT molecular complexity index is 345. The van der Waals surface area contributed by atoms with Gasteiger partial charge in [-0.25, -0.2) is 13.2 Å². The summed E-state index contributed by atoms with van der Waals surface area (Å²) in [5, 5.41) is -0.419. The number of sulfonamides is 1. The van der Waals surface area contributed by atoms with Crippen molar-refractivity contribution < 1.29 is 17.9 Å². The van der Waals surface area contributed by atoms with E-state index >= 15 is 0 Å². The van der Waals surface area contributed by atoms with E-state index < -0.39 is 21.4 Å². The molecule has 0 aromatic heterocycles. The van der Waals surface area contributed by atoms with Crippen LogP contribution in [0.1, 0.15) is 13.8 Å². The Labute approximate surface area is 96.2 Å². The lowest BCUT2D eigenvalue weighted by Gasteiger charge is -2.33. The number of carbonyl (C=O) groups excluding carboxylic acids is 1. The zero-order valence-electron chi connectivity index (χ0n) is 9.84. The lowest BCUT2D eigenvalue weighted by Crippen LogP contribution is -2.51. The maximum Gasteiger partial charge on any atom is 0.409 e. The largest absolute Gasteiger partial charge is 0.453 e. The van der Waals surface area contributed by atoms with Crippen LogP contribution in [0.4, 0.5) is 4.79 Å². The van der Waals surface area contributed by atoms with Crippen LogP contribution in [-0.2, 0) is 14.8 Å².